The van der Waals surface area contributed by atoms with Crippen LogP contribution in [0.3, 0.4) is 0 Å². The highest BCUT2D eigenvalue weighted by Crippen LogP contribution is 2.25. The number of nitrogens with zero attached hydrogens (tertiary/aromatic N) is 1. The van der Waals surface area contributed by atoms with Gasteiger partial charge in [-0.25, -0.2) is 4.98 Å². The van der Waals surface area contributed by atoms with Gasteiger partial charge in [-0.15, -0.1) is 22.7 Å². The second kappa shape index (κ2) is 6.43. The number of thiazole rings is 1. The Kier molecular flexibility index (Phi) is 4.88. The highest BCUT2D eigenvalue weighted by molar-refractivity contribution is 7.12. The van der Waals surface area contributed by atoms with Crippen LogP contribution in [0.4, 0.5) is 0 Å². The summed E-state index contributed by atoms with van der Waals surface area (Å²) < 4.78 is 5.88. The highest BCUT2D eigenvalue weighted by atomic mass is 32.1. The van der Waals surface area contributed by atoms with Crippen molar-refractivity contribution < 1.29 is 4.74 Å². The van der Waals surface area contributed by atoms with Crippen LogP contribution in [-0.2, 0) is 11.2 Å². The van der Waals surface area contributed by atoms with E-state index < -0.39 is 0 Å². The predicted molar refractivity (Wildman–Crippen MR) is 77.4 cm³/mol. The first-order chi connectivity index (χ1) is 8.70. The van der Waals surface area contributed by atoms with E-state index in [1.165, 1.54) is 14.6 Å². The molecule has 1 unspecified atom stereocenters. The van der Waals surface area contributed by atoms with Gasteiger partial charge in [-0.1, -0.05) is 0 Å². The monoisotopic (exact) mass is 282 g/mol. The van der Waals surface area contributed by atoms with Crippen LogP contribution in [0, 0.1) is 13.8 Å². The molecule has 98 valence electrons. The lowest BCUT2D eigenvalue weighted by Crippen LogP contribution is -2.16. The van der Waals surface area contributed by atoms with Crippen LogP contribution in [0.5, 0.6) is 0 Å². The summed E-state index contributed by atoms with van der Waals surface area (Å²) in [5.74, 6) is 0. The minimum Gasteiger partial charge on any atom is -0.371 e. The lowest BCUT2D eigenvalue weighted by atomic mass is 10.3. The lowest BCUT2D eigenvalue weighted by molar-refractivity contribution is 0.0636. The van der Waals surface area contributed by atoms with Crippen molar-refractivity contribution in [3.8, 4) is 0 Å². The van der Waals surface area contributed by atoms with Crippen LogP contribution < -0.4 is 5.73 Å². The van der Waals surface area contributed by atoms with E-state index in [2.05, 4.69) is 24.0 Å². The van der Waals surface area contributed by atoms with Crippen molar-refractivity contribution in [3.05, 3.63) is 38.0 Å². The number of aryl methyl sites for hydroxylation is 2. The average Bonchev–Trinajstić information content (AvgIpc) is 2.94. The zero-order valence-corrected chi connectivity index (χ0v) is 12.3. The maximum absolute atomic E-state index is 5.88. The Morgan fingerprint density at radius 3 is 2.78 bits per heavy atom. The minimum absolute atomic E-state index is 0.0249. The van der Waals surface area contributed by atoms with E-state index in [9.17, 15) is 0 Å². The predicted octanol–water partition coefficient (Wildman–Crippen LogP) is 3.08. The molecule has 0 fully saturated rings. The van der Waals surface area contributed by atoms with Gasteiger partial charge in [-0.3, -0.25) is 0 Å². The molecule has 2 aromatic heterocycles. The molecule has 0 amide bonds. The van der Waals surface area contributed by atoms with Crippen molar-refractivity contribution in [2.24, 2.45) is 5.73 Å². The number of rotatable bonds is 6. The number of hydrogen-bond acceptors (Lipinski definition) is 5. The lowest BCUT2D eigenvalue weighted by Gasteiger charge is -2.14. The third kappa shape index (κ3) is 3.38. The van der Waals surface area contributed by atoms with Crippen molar-refractivity contribution in [1.82, 2.24) is 4.98 Å². The first kappa shape index (κ1) is 13.7. The van der Waals surface area contributed by atoms with E-state index in [1.807, 2.05) is 12.4 Å². The Bertz CT molecular complexity index is 493. The average molecular weight is 282 g/mol. The van der Waals surface area contributed by atoms with Crippen LogP contribution in [0.1, 0.15) is 26.4 Å². The molecule has 0 aliphatic heterocycles. The van der Waals surface area contributed by atoms with E-state index in [0.717, 1.165) is 12.1 Å². The molecule has 0 saturated heterocycles. The molecule has 1 atom stereocenters. The fourth-order valence-electron chi connectivity index (χ4n) is 1.75. The maximum atomic E-state index is 5.88. The molecule has 18 heavy (non-hydrogen) atoms. The van der Waals surface area contributed by atoms with Gasteiger partial charge in [0.15, 0.2) is 0 Å². The van der Waals surface area contributed by atoms with Gasteiger partial charge in [0.2, 0.25) is 0 Å². The van der Waals surface area contributed by atoms with Gasteiger partial charge in [0.05, 0.1) is 17.8 Å². The van der Waals surface area contributed by atoms with Crippen LogP contribution in [0.25, 0.3) is 0 Å². The van der Waals surface area contributed by atoms with Gasteiger partial charge in [0, 0.05) is 27.6 Å². The summed E-state index contributed by atoms with van der Waals surface area (Å²) >= 11 is 3.45. The third-order valence-electron chi connectivity index (χ3n) is 2.79. The largest absolute Gasteiger partial charge is 0.371 e. The Morgan fingerprint density at radius 1 is 1.39 bits per heavy atom. The molecule has 0 aliphatic rings. The summed E-state index contributed by atoms with van der Waals surface area (Å²) in [4.78, 5) is 8.05. The molecule has 0 saturated carbocycles. The molecule has 2 aromatic rings. The van der Waals surface area contributed by atoms with Crippen LogP contribution in [0.15, 0.2) is 17.6 Å². The van der Waals surface area contributed by atoms with Crippen LogP contribution in [-0.4, -0.2) is 18.1 Å². The van der Waals surface area contributed by atoms with Gasteiger partial charge in [-0.05, 0) is 26.0 Å². The number of thiophene rings is 1. The van der Waals surface area contributed by atoms with E-state index in [-0.39, 0.29) is 6.10 Å². The fourth-order valence-corrected chi connectivity index (χ4v) is 3.45. The second-order valence-electron chi connectivity index (χ2n) is 4.15. The number of aromatic nitrogens is 1. The standard InChI is InChI=1S/C13H18N2OS2/c1-9-3-4-13(18-9)11(7-14)16-6-5-12-10(2)15-8-17-12/h3-4,8,11H,5-7,14H2,1-2H3. The molecule has 3 nitrogen and oxygen atoms in total. The Labute approximate surface area is 116 Å². The van der Waals surface area contributed by atoms with Crippen molar-refractivity contribution in [2.45, 2.75) is 26.4 Å². The Balaban J connectivity index is 1.86. The molecule has 0 spiro atoms. The zero-order valence-electron chi connectivity index (χ0n) is 10.7. The Hall–Kier alpha value is -0.750. The number of nitrogens with two attached hydrogens (primary N) is 1. The van der Waals surface area contributed by atoms with E-state index in [0.29, 0.717) is 13.2 Å². The minimum atomic E-state index is 0.0249. The van der Waals surface area contributed by atoms with Crippen molar-refractivity contribution in [3.63, 3.8) is 0 Å². The van der Waals surface area contributed by atoms with Crippen molar-refractivity contribution in [2.75, 3.05) is 13.2 Å². The highest BCUT2D eigenvalue weighted by Gasteiger charge is 2.12. The topological polar surface area (TPSA) is 48.1 Å². The summed E-state index contributed by atoms with van der Waals surface area (Å²) in [5, 5.41) is 0. The molecule has 2 rings (SSSR count). The molecule has 2 heterocycles. The number of ether oxygens (including phenoxy) is 1. The van der Waals surface area contributed by atoms with Gasteiger partial charge in [0.1, 0.15) is 6.10 Å². The quantitative estimate of drug-likeness (QED) is 0.885. The van der Waals surface area contributed by atoms with E-state index in [1.54, 1.807) is 22.7 Å². The van der Waals surface area contributed by atoms with Gasteiger partial charge in [0.25, 0.3) is 0 Å². The van der Waals surface area contributed by atoms with Gasteiger partial charge < -0.3 is 10.5 Å². The Morgan fingerprint density at radius 2 is 2.22 bits per heavy atom. The first-order valence-corrected chi connectivity index (χ1v) is 7.67. The third-order valence-corrected chi connectivity index (χ3v) is 4.87. The maximum Gasteiger partial charge on any atom is 0.104 e. The summed E-state index contributed by atoms with van der Waals surface area (Å²) in [5.41, 5.74) is 8.77. The number of hydrogen-bond donors (Lipinski definition) is 1. The molecule has 0 bridgehead atoms. The smallest absolute Gasteiger partial charge is 0.104 e. The molecule has 0 aliphatic carbocycles. The summed E-state index contributed by atoms with van der Waals surface area (Å²) in [6, 6.07) is 4.22. The zero-order chi connectivity index (χ0) is 13.0. The molecule has 0 aromatic carbocycles. The van der Waals surface area contributed by atoms with Gasteiger partial charge >= 0.3 is 0 Å². The SMILES string of the molecule is Cc1ccc(C(CN)OCCc2scnc2C)s1. The van der Waals surface area contributed by atoms with Crippen molar-refractivity contribution >= 4 is 22.7 Å². The molecule has 5 heteroatoms. The first-order valence-electron chi connectivity index (χ1n) is 5.97. The van der Waals surface area contributed by atoms with Gasteiger partial charge in [-0.2, -0.15) is 0 Å². The molecular formula is C13H18N2OS2. The van der Waals surface area contributed by atoms with Crippen LogP contribution >= 0.6 is 22.7 Å². The summed E-state index contributed by atoms with van der Waals surface area (Å²) in [6.07, 6.45) is 0.939. The van der Waals surface area contributed by atoms with Crippen molar-refractivity contribution in [1.29, 1.82) is 0 Å². The fraction of sp³-hybridized carbons (Fsp3) is 0.462. The normalized spacial score (nSPS) is 12.8. The molecule has 2 N–H and O–H groups in total. The van der Waals surface area contributed by atoms with Crippen LogP contribution in [0.2, 0.25) is 0 Å². The summed E-state index contributed by atoms with van der Waals surface area (Å²) in [6.45, 7) is 5.36. The molecule has 0 radical (unpaired) electrons. The van der Waals surface area contributed by atoms with E-state index >= 15 is 0 Å². The molecular weight excluding hydrogens is 264 g/mol. The second-order valence-corrected chi connectivity index (χ2v) is 6.41. The summed E-state index contributed by atoms with van der Waals surface area (Å²) in [7, 11) is 0. The van der Waals surface area contributed by atoms with E-state index in [4.69, 9.17) is 10.5 Å².